The van der Waals surface area contributed by atoms with Crippen LogP contribution in [0.4, 0.5) is 0 Å². The first kappa shape index (κ1) is 16.5. The Bertz CT molecular complexity index is 694. The molecule has 0 fully saturated rings. The highest BCUT2D eigenvalue weighted by molar-refractivity contribution is 5.83. The van der Waals surface area contributed by atoms with Gasteiger partial charge in [-0.1, -0.05) is 12.1 Å². The predicted octanol–water partition coefficient (Wildman–Crippen LogP) is 2.84. The molecule has 0 atom stereocenters. The maximum atomic E-state index is 11.7. The molecular weight excluding hydrogens is 292 g/mol. The van der Waals surface area contributed by atoms with E-state index in [1.807, 2.05) is 56.3 Å². The van der Waals surface area contributed by atoms with Crippen LogP contribution >= 0.6 is 0 Å². The van der Waals surface area contributed by atoms with Gasteiger partial charge in [-0.2, -0.15) is 5.10 Å². The SMILES string of the molecule is COc1ccc(/C=N\NC(=O)COc2cccc(C)c2C)cc1. The van der Waals surface area contributed by atoms with Crippen molar-refractivity contribution in [2.24, 2.45) is 5.10 Å². The number of carbonyl (C=O) groups is 1. The van der Waals surface area contributed by atoms with Gasteiger partial charge in [-0.05, 0) is 60.9 Å². The zero-order valence-corrected chi connectivity index (χ0v) is 13.5. The molecule has 120 valence electrons. The summed E-state index contributed by atoms with van der Waals surface area (Å²) >= 11 is 0. The second-order valence-electron chi connectivity index (χ2n) is 5.05. The van der Waals surface area contributed by atoms with E-state index in [2.05, 4.69) is 10.5 Å². The third-order valence-electron chi connectivity index (χ3n) is 3.43. The lowest BCUT2D eigenvalue weighted by Crippen LogP contribution is -2.24. The highest BCUT2D eigenvalue weighted by atomic mass is 16.5. The fourth-order valence-electron chi connectivity index (χ4n) is 1.92. The monoisotopic (exact) mass is 312 g/mol. The Labute approximate surface area is 135 Å². The average molecular weight is 312 g/mol. The molecule has 1 amide bonds. The lowest BCUT2D eigenvalue weighted by atomic mass is 10.1. The van der Waals surface area contributed by atoms with Crippen LogP contribution in [0, 0.1) is 13.8 Å². The van der Waals surface area contributed by atoms with Gasteiger partial charge in [0.05, 0.1) is 13.3 Å². The number of methoxy groups -OCH3 is 1. The number of carbonyl (C=O) groups excluding carboxylic acids is 1. The molecule has 0 saturated heterocycles. The van der Waals surface area contributed by atoms with Gasteiger partial charge >= 0.3 is 0 Å². The molecule has 0 heterocycles. The number of ether oxygens (including phenoxy) is 2. The van der Waals surface area contributed by atoms with E-state index in [4.69, 9.17) is 9.47 Å². The number of benzene rings is 2. The van der Waals surface area contributed by atoms with E-state index >= 15 is 0 Å². The molecule has 0 radical (unpaired) electrons. The number of hydrogen-bond donors (Lipinski definition) is 1. The van der Waals surface area contributed by atoms with Crippen molar-refractivity contribution in [3.63, 3.8) is 0 Å². The van der Waals surface area contributed by atoms with Gasteiger partial charge in [0.1, 0.15) is 11.5 Å². The zero-order valence-electron chi connectivity index (χ0n) is 13.5. The lowest BCUT2D eigenvalue weighted by Gasteiger charge is -2.09. The molecule has 23 heavy (non-hydrogen) atoms. The van der Waals surface area contributed by atoms with Crippen LogP contribution in [0.25, 0.3) is 0 Å². The summed E-state index contributed by atoms with van der Waals surface area (Å²) in [5.74, 6) is 1.17. The lowest BCUT2D eigenvalue weighted by molar-refractivity contribution is -0.123. The molecule has 0 aliphatic carbocycles. The predicted molar refractivity (Wildman–Crippen MR) is 90.1 cm³/mol. The molecular formula is C18H20N2O3. The van der Waals surface area contributed by atoms with E-state index in [0.717, 1.165) is 22.4 Å². The molecule has 0 bridgehead atoms. The maximum absolute atomic E-state index is 11.7. The summed E-state index contributed by atoms with van der Waals surface area (Å²) in [5.41, 5.74) is 5.46. The molecule has 0 saturated carbocycles. The molecule has 2 aromatic carbocycles. The third kappa shape index (κ3) is 4.85. The van der Waals surface area contributed by atoms with Crippen molar-refractivity contribution in [1.82, 2.24) is 5.43 Å². The minimum absolute atomic E-state index is 0.0791. The molecule has 2 rings (SSSR count). The summed E-state index contributed by atoms with van der Waals surface area (Å²) in [6.45, 7) is 3.88. The van der Waals surface area contributed by atoms with Crippen LogP contribution in [-0.4, -0.2) is 25.8 Å². The minimum atomic E-state index is -0.310. The number of nitrogens with one attached hydrogen (secondary N) is 1. The van der Waals surface area contributed by atoms with E-state index in [1.54, 1.807) is 13.3 Å². The van der Waals surface area contributed by atoms with Gasteiger partial charge in [0, 0.05) is 0 Å². The van der Waals surface area contributed by atoms with Gasteiger partial charge in [0.25, 0.3) is 5.91 Å². The van der Waals surface area contributed by atoms with E-state index in [-0.39, 0.29) is 12.5 Å². The Morgan fingerprint density at radius 1 is 1.17 bits per heavy atom. The van der Waals surface area contributed by atoms with Gasteiger partial charge in [-0.25, -0.2) is 5.43 Å². The summed E-state index contributed by atoms with van der Waals surface area (Å²) in [5, 5.41) is 3.90. The van der Waals surface area contributed by atoms with Crippen molar-refractivity contribution in [3.05, 3.63) is 59.2 Å². The molecule has 5 heteroatoms. The molecule has 5 nitrogen and oxygen atoms in total. The Morgan fingerprint density at radius 2 is 1.91 bits per heavy atom. The van der Waals surface area contributed by atoms with E-state index in [1.165, 1.54) is 0 Å². The molecule has 0 aliphatic rings. The highest BCUT2D eigenvalue weighted by Gasteiger charge is 2.05. The standard InChI is InChI=1S/C18H20N2O3/c1-13-5-4-6-17(14(13)2)23-12-18(21)20-19-11-15-7-9-16(22-3)10-8-15/h4-11H,12H2,1-3H3,(H,20,21)/b19-11-. The number of rotatable bonds is 6. The van der Waals surface area contributed by atoms with Crippen molar-refractivity contribution in [2.45, 2.75) is 13.8 Å². The summed E-state index contributed by atoms with van der Waals surface area (Å²) in [6.07, 6.45) is 1.56. The van der Waals surface area contributed by atoms with Gasteiger partial charge in [-0.15, -0.1) is 0 Å². The Morgan fingerprint density at radius 3 is 2.61 bits per heavy atom. The first-order valence-corrected chi connectivity index (χ1v) is 7.25. The van der Waals surface area contributed by atoms with Gasteiger partial charge < -0.3 is 9.47 Å². The summed E-state index contributed by atoms with van der Waals surface area (Å²) in [7, 11) is 1.61. The smallest absolute Gasteiger partial charge is 0.277 e. The van der Waals surface area contributed by atoms with E-state index in [0.29, 0.717) is 5.75 Å². The van der Waals surface area contributed by atoms with Gasteiger partial charge in [0.15, 0.2) is 6.61 Å². The molecule has 0 aliphatic heterocycles. The second-order valence-corrected chi connectivity index (χ2v) is 5.05. The van der Waals surface area contributed by atoms with Crippen molar-refractivity contribution in [2.75, 3.05) is 13.7 Å². The van der Waals surface area contributed by atoms with E-state index in [9.17, 15) is 4.79 Å². The van der Waals surface area contributed by atoms with Crippen LogP contribution in [0.5, 0.6) is 11.5 Å². The maximum Gasteiger partial charge on any atom is 0.277 e. The van der Waals surface area contributed by atoms with Crippen molar-refractivity contribution >= 4 is 12.1 Å². The van der Waals surface area contributed by atoms with Crippen LogP contribution in [0.1, 0.15) is 16.7 Å². The Kier molecular flexibility index (Phi) is 5.74. The zero-order chi connectivity index (χ0) is 16.7. The first-order chi connectivity index (χ1) is 11.1. The fourth-order valence-corrected chi connectivity index (χ4v) is 1.92. The largest absolute Gasteiger partial charge is 0.497 e. The van der Waals surface area contributed by atoms with Crippen LogP contribution in [0.2, 0.25) is 0 Å². The minimum Gasteiger partial charge on any atom is -0.497 e. The molecule has 0 aromatic heterocycles. The Hall–Kier alpha value is -2.82. The van der Waals surface area contributed by atoms with Gasteiger partial charge in [-0.3, -0.25) is 4.79 Å². The first-order valence-electron chi connectivity index (χ1n) is 7.25. The van der Waals surface area contributed by atoms with E-state index < -0.39 is 0 Å². The van der Waals surface area contributed by atoms with Crippen molar-refractivity contribution in [3.8, 4) is 11.5 Å². The molecule has 1 N–H and O–H groups in total. The quantitative estimate of drug-likeness (QED) is 0.659. The van der Waals surface area contributed by atoms with Crippen molar-refractivity contribution in [1.29, 1.82) is 0 Å². The number of amides is 1. The summed E-state index contributed by atoms with van der Waals surface area (Å²) in [6, 6.07) is 13.1. The fraction of sp³-hybridized carbons (Fsp3) is 0.222. The highest BCUT2D eigenvalue weighted by Crippen LogP contribution is 2.20. The number of hydrogen-bond acceptors (Lipinski definition) is 4. The van der Waals surface area contributed by atoms with Crippen LogP contribution in [-0.2, 0) is 4.79 Å². The van der Waals surface area contributed by atoms with Crippen LogP contribution in [0.15, 0.2) is 47.6 Å². The topological polar surface area (TPSA) is 59.9 Å². The average Bonchev–Trinajstić information content (AvgIpc) is 2.57. The summed E-state index contributed by atoms with van der Waals surface area (Å²) < 4.78 is 10.6. The number of nitrogens with zero attached hydrogens (tertiary/aromatic N) is 1. The second kappa shape index (κ2) is 7.98. The van der Waals surface area contributed by atoms with Gasteiger partial charge in [0.2, 0.25) is 0 Å². The molecule has 0 unspecified atom stereocenters. The molecule has 2 aromatic rings. The van der Waals surface area contributed by atoms with Crippen LogP contribution in [0.3, 0.4) is 0 Å². The van der Waals surface area contributed by atoms with Crippen molar-refractivity contribution < 1.29 is 14.3 Å². The number of hydrazone groups is 1. The normalized spacial score (nSPS) is 10.6. The molecule has 0 spiro atoms. The number of aryl methyl sites for hydroxylation is 1. The third-order valence-corrected chi connectivity index (χ3v) is 3.43. The Balaban J connectivity index is 1.82. The van der Waals surface area contributed by atoms with Crippen LogP contribution < -0.4 is 14.9 Å². The summed E-state index contributed by atoms with van der Waals surface area (Å²) in [4.78, 5) is 11.7.